The highest BCUT2D eigenvalue weighted by Crippen LogP contribution is 2.27. The quantitative estimate of drug-likeness (QED) is 0.647. The molecule has 0 spiro atoms. The molecule has 4 rings (SSSR count). The SMILES string of the molecule is CC1CCC(CNCc2ccncc2)CC1.Cc1nc(N(C)C)c2ccccc2n1. The highest BCUT2D eigenvalue weighted by molar-refractivity contribution is 5.89. The maximum atomic E-state index is 4.42. The first-order valence-corrected chi connectivity index (χ1v) is 11.0. The number of aromatic nitrogens is 3. The van der Waals surface area contributed by atoms with Gasteiger partial charge in [0.25, 0.3) is 0 Å². The Kier molecular flexibility index (Phi) is 8.14. The summed E-state index contributed by atoms with van der Waals surface area (Å²) in [5, 5.41) is 4.66. The summed E-state index contributed by atoms with van der Waals surface area (Å²) in [6.07, 6.45) is 9.37. The molecule has 0 bridgehead atoms. The number of hydrogen-bond acceptors (Lipinski definition) is 5. The molecule has 1 aromatic carbocycles. The van der Waals surface area contributed by atoms with Gasteiger partial charge in [0.15, 0.2) is 0 Å². The van der Waals surface area contributed by atoms with Crippen LogP contribution in [0, 0.1) is 18.8 Å². The van der Waals surface area contributed by atoms with Gasteiger partial charge in [-0.05, 0) is 68.0 Å². The zero-order chi connectivity index (χ0) is 21.3. The minimum atomic E-state index is 0.812. The van der Waals surface area contributed by atoms with E-state index in [-0.39, 0.29) is 0 Å². The van der Waals surface area contributed by atoms with Crippen LogP contribution in [0.5, 0.6) is 0 Å². The molecule has 1 aliphatic carbocycles. The van der Waals surface area contributed by atoms with Gasteiger partial charge in [0.05, 0.1) is 5.52 Å². The molecule has 0 aliphatic heterocycles. The van der Waals surface area contributed by atoms with Crippen LogP contribution < -0.4 is 10.2 Å². The van der Waals surface area contributed by atoms with Gasteiger partial charge in [-0.3, -0.25) is 4.98 Å². The smallest absolute Gasteiger partial charge is 0.139 e. The Bertz CT molecular complexity index is 902. The molecule has 2 heterocycles. The molecular formula is C25H35N5. The van der Waals surface area contributed by atoms with E-state index in [4.69, 9.17) is 0 Å². The van der Waals surface area contributed by atoms with Crippen molar-refractivity contribution in [1.29, 1.82) is 0 Å². The van der Waals surface area contributed by atoms with E-state index in [0.717, 1.165) is 40.9 Å². The van der Waals surface area contributed by atoms with E-state index in [9.17, 15) is 0 Å². The van der Waals surface area contributed by atoms with E-state index in [1.54, 1.807) is 0 Å². The number of pyridine rings is 1. The number of fused-ring (bicyclic) bond motifs is 1. The van der Waals surface area contributed by atoms with Crippen LogP contribution in [-0.4, -0.2) is 35.6 Å². The van der Waals surface area contributed by atoms with Gasteiger partial charge in [0.2, 0.25) is 0 Å². The molecule has 0 atom stereocenters. The van der Waals surface area contributed by atoms with Gasteiger partial charge in [-0.25, -0.2) is 9.97 Å². The summed E-state index contributed by atoms with van der Waals surface area (Å²) in [6.45, 7) is 6.45. The summed E-state index contributed by atoms with van der Waals surface area (Å²) >= 11 is 0. The van der Waals surface area contributed by atoms with Crippen molar-refractivity contribution >= 4 is 16.7 Å². The molecule has 30 heavy (non-hydrogen) atoms. The van der Waals surface area contributed by atoms with Gasteiger partial charge in [-0.15, -0.1) is 0 Å². The third kappa shape index (κ3) is 6.49. The van der Waals surface area contributed by atoms with Crippen LogP contribution >= 0.6 is 0 Å². The lowest BCUT2D eigenvalue weighted by Gasteiger charge is -2.26. The molecule has 160 valence electrons. The van der Waals surface area contributed by atoms with E-state index in [2.05, 4.69) is 39.3 Å². The second-order valence-electron chi connectivity index (χ2n) is 8.62. The van der Waals surface area contributed by atoms with Crippen LogP contribution in [0.3, 0.4) is 0 Å². The minimum Gasteiger partial charge on any atom is -0.362 e. The predicted molar refractivity (Wildman–Crippen MR) is 126 cm³/mol. The Hall–Kier alpha value is -2.53. The standard InChI is InChI=1S/C14H22N2.C11H13N3/c1-12-2-4-13(5-3-12)10-16-11-14-6-8-15-9-7-14;1-8-12-10-7-5-4-6-9(10)11(13-8)14(2)3/h6-9,12-13,16H,2-5,10-11H2,1H3;4-7H,1-3H3. The van der Waals surface area contributed by atoms with E-state index in [1.165, 1.54) is 37.8 Å². The summed E-state index contributed by atoms with van der Waals surface area (Å²) in [7, 11) is 3.99. The summed E-state index contributed by atoms with van der Waals surface area (Å²) in [5.74, 6) is 3.65. The van der Waals surface area contributed by atoms with Crippen LogP contribution in [0.4, 0.5) is 5.82 Å². The number of anilines is 1. The van der Waals surface area contributed by atoms with E-state index in [1.807, 2.05) is 62.6 Å². The lowest BCUT2D eigenvalue weighted by atomic mass is 9.83. The monoisotopic (exact) mass is 405 g/mol. The molecule has 1 N–H and O–H groups in total. The normalized spacial score (nSPS) is 18.5. The van der Waals surface area contributed by atoms with Crippen LogP contribution in [0.25, 0.3) is 10.9 Å². The van der Waals surface area contributed by atoms with Crippen molar-refractivity contribution in [3.8, 4) is 0 Å². The number of benzene rings is 1. The first-order chi connectivity index (χ1) is 14.5. The third-order valence-electron chi connectivity index (χ3n) is 5.77. The second-order valence-corrected chi connectivity index (χ2v) is 8.62. The predicted octanol–water partition coefficient (Wildman–Crippen LogP) is 5.00. The number of hydrogen-bond donors (Lipinski definition) is 1. The Morgan fingerprint density at radius 3 is 2.37 bits per heavy atom. The van der Waals surface area contributed by atoms with Crippen molar-refractivity contribution in [3.05, 3.63) is 60.2 Å². The lowest BCUT2D eigenvalue weighted by Crippen LogP contribution is -2.25. The summed E-state index contributed by atoms with van der Waals surface area (Å²) in [4.78, 5) is 14.8. The zero-order valence-electron chi connectivity index (χ0n) is 18.8. The molecule has 1 fully saturated rings. The van der Waals surface area contributed by atoms with E-state index >= 15 is 0 Å². The third-order valence-corrected chi connectivity index (χ3v) is 5.77. The molecule has 0 saturated heterocycles. The molecule has 1 aliphatic rings. The second kappa shape index (κ2) is 11.0. The largest absolute Gasteiger partial charge is 0.362 e. The molecule has 5 heteroatoms. The van der Waals surface area contributed by atoms with Gasteiger partial charge >= 0.3 is 0 Å². The van der Waals surface area contributed by atoms with Gasteiger partial charge < -0.3 is 10.2 Å². The molecule has 1 saturated carbocycles. The molecule has 2 aromatic heterocycles. The fraction of sp³-hybridized carbons (Fsp3) is 0.480. The molecular weight excluding hydrogens is 370 g/mol. The van der Waals surface area contributed by atoms with Crippen molar-refractivity contribution < 1.29 is 0 Å². The molecule has 0 radical (unpaired) electrons. The van der Waals surface area contributed by atoms with E-state index in [0.29, 0.717) is 0 Å². The number of para-hydroxylation sites is 1. The maximum absolute atomic E-state index is 4.42. The van der Waals surface area contributed by atoms with Crippen LogP contribution in [-0.2, 0) is 6.54 Å². The number of aryl methyl sites for hydroxylation is 1. The minimum absolute atomic E-state index is 0.812. The van der Waals surface area contributed by atoms with Crippen molar-refractivity contribution in [2.24, 2.45) is 11.8 Å². The Morgan fingerprint density at radius 1 is 0.967 bits per heavy atom. The fourth-order valence-electron chi connectivity index (χ4n) is 3.97. The molecule has 3 aromatic rings. The fourth-order valence-corrected chi connectivity index (χ4v) is 3.97. The molecule has 5 nitrogen and oxygen atoms in total. The first-order valence-electron chi connectivity index (χ1n) is 11.0. The average molecular weight is 406 g/mol. The molecule has 0 amide bonds. The van der Waals surface area contributed by atoms with Crippen LogP contribution in [0.15, 0.2) is 48.8 Å². The van der Waals surface area contributed by atoms with Crippen molar-refractivity contribution in [2.45, 2.75) is 46.1 Å². The maximum Gasteiger partial charge on any atom is 0.139 e. The van der Waals surface area contributed by atoms with Crippen molar-refractivity contribution in [1.82, 2.24) is 20.3 Å². The Balaban J connectivity index is 0.000000172. The van der Waals surface area contributed by atoms with Gasteiger partial charge in [-0.2, -0.15) is 0 Å². The van der Waals surface area contributed by atoms with Gasteiger partial charge in [0.1, 0.15) is 11.6 Å². The number of rotatable bonds is 5. The van der Waals surface area contributed by atoms with Crippen molar-refractivity contribution in [2.75, 3.05) is 25.5 Å². The zero-order valence-corrected chi connectivity index (χ0v) is 18.8. The molecule has 0 unspecified atom stereocenters. The van der Waals surface area contributed by atoms with Gasteiger partial charge in [0, 0.05) is 38.4 Å². The topological polar surface area (TPSA) is 53.9 Å². The lowest BCUT2D eigenvalue weighted by molar-refractivity contribution is 0.281. The van der Waals surface area contributed by atoms with Crippen LogP contribution in [0.2, 0.25) is 0 Å². The van der Waals surface area contributed by atoms with Crippen LogP contribution in [0.1, 0.15) is 44.0 Å². The number of nitrogens with one attached hydrogen (secondary N) is 1. The summed E-state index contributed by atoms with van der Waals surface area (Å²) in [6, 6.07) is 12.2. The van der Waals surface area contributed by atoms with Gasteiger partial charge in [-0.1, -0.05) is 31.9 Å². The average Bonchev–Trinajstić information content (AvgIpc) is 2.76. The number of nitrogens with zero attached hydrogens (tertiary/aromatic N) is 4. The highest BCUT2D eigenvalue weighted by Gasteiger charge is 2.17. The summed E-state index contributed by atoms with van der Waals surface area (Å²) < 4.78 is 0. The first kappa shape index (κ1) is 22.2. The Morgan fingerprint density at radius 2 is 1.67 bits per heavy atom. The Labute approximate surface area is 181 Å². The van der Waals surface area contributed by atoms with Crippen molar-refractivity contribution in [3.63, 3.8) is 0 Å². The summed E-state index contributed by atoms with van der Waals surface area (Å²) in [5.41, 5.74) is 2.34. The van der Waals surface area contributed by atoms with E-state index < -0.39 is 0 Å². The highest BCUT2D eigenvalue weighted by atomic mass is 15.1.